The maximum absolute atomic E-state index is 10.8. The van der Waals surface area contributed by atoms with Crippen molar-refractivity contribution in [2.75, 3.05) is 0 Å². The maximum atomic E-state index is 10.8. The quantitative estimate of drug-likeness (QED) is 0.540. The van der Waals surface area contributed by atoms with Crippen molar-refractivity contribution in [3.63, 3.8) is 0 Å². The first-order chi connectivity index (χ1) is 5.18. The molecule has 0 aromatic carbocycles. The van der Waals surface area contributed by atoms with Gasteiger partial charge in [-0.15, -0.1) is 0 Å². The van der Waals surface area contributed by atoms with E-state index in [9.17, 15) is 4.79 Å². The Morgan fingerprint density at radius 3 is 2.36 bits per heavy atom. The van der Waals surface area contributed by atoms with E-state index in [-0.39, 0.29) is 5.92 Å². The molecule has 0 radical (unpaired) electrons. The number of carbonyl (C=O) groups is 1. The predicted octanol–water partition coefficient (Wildman–Crippen LogP) is 3.18. The van der Waals surface area contributed by atoms with Gasteiger partial charge in [0.2, 0.25) is 0 Å². The number of rotatable bonds is 6. The van der Waals surface area contributed by atoms with Crippen LogP contribution in [0.4, 0.5) is 0 Å². The molecule has 0 spiro atoms. The van der Waals surface area contributed by atoms with E-state index in [1.807, 2.05) is 6.92 Å². The number of carbonyl (C=O) groups excluding carboxylic acids is 1. The van der Waals surface area contributed by atoms with E-state index in [0.717, 1.165) is 6.42 Å². The first-order valence-corrected chi connectivity index (χ1v) is 4.69. The summed E-state index contributed by atoms with van der Waals surface area (Å²) in [5, 5.41) is 0. The second-order valence-corrected chi connectivity index (χ2v) is 3.36. The molecule has 1 heteroatoms. The van der Waals surface area contributed by atoms with E-state index in [1.165, 1.54) is 25.7 Å². The van der Waals surface area contributed by atoms with Gasteiger partial charge in [-0.1, -0.05) is 39.5 Å². The van der Waals surface area contributed by atoms with Crippen LogP contribution in [0.25, 0.3) is 0 Å². The summed E-state index contributed by atoms with van der Waals surface area (Å²) in [7, 11) is 0. The molecular formula is C10H20O. The van der Waals surface area contributed by atoms with Crippen LogP contribution in [0.15, 0.2) is 0 Å². The second-order valence-electron chi connectivity index (χ2n) is 3.36. The summed E-state index contributed by atoms with van der Waals surface area (Å²) in [6.45, 7) is 5.91. The molecule has 0 aromatic heterocycles. The minimum absolute atomic E-state index is 0.284. The van der Waals surface area contributed by atoms with E-state index in [4.69, 9.17) is 0 Å². The van der Waals surface area contributed by atoms with Crippen molar-refractivity contribution in [2.24, 2.45) is 5.92 Å². The Morgan fingerprint density at radius 2 is 1.91 bits per heavy atom. The Morgan fingerprint density at radius 1 is 1.27 bits per heavy atom. The summed E-state index contributed by atoms with van der Waals surface area (Å²) < 4.78 is 0. The van der Waals surface area contributed by atoms with Crippen LogP contribution >= 0.6 is 0 Å². The minimum Gasteiger partial charge on any atom is -0.300 e. The van der Waals surface area contributed by atoms with Crippen molar-refractivity contribution in [3.8, 4) is 0 Å². The molecule has 0 amide bonds. The average Bonchev–Trinajstić information content (AvgIpc) is 1.97. The van der Waals surface area contributed by atoms with E-state index in [1.54, 1.807) is 6.92 Å². The monoisotopic (exact) mass is 156 g/mol. The highest BCUT2D eigenvalue weighted by atomic mass is 16.1. The topological polar surface area (TPSA) is 17.1 Å². The summed E-state index contributed by atoms with van der Waals surface area (Å²) >= 11 is 0. The Hall–Kier alpha value is -0.330. The first-order valence-electron chi connectivity index (χ1n) is 4.69. The molecule has 1 atom stereocenters. The van der Waals surface area contributed by atoms with Crippen LogP contribution in [0.2, 0.25) is 0 Å². The normalized spacial score (nSPS) is 13.0. The maximum Gasteiger partial charge on any atom is 0.132 e. The van der Waals surface area contributed by atoms with Crippen molar-refractivity contribution >= 4 is 5.78 Å². The van der Waals surface area contributed by atoms with Gasteiger partial charge in [0, 0.05) is 5.92 Å². The van der Waals surface area contributed by atoms with E-state index < -0.39 is 0 Å². The highest BCUT2D eigenvalue weighted by Crippen LogP contribution is 2.10. The molecule has 0 heterocycles. The molecule has 0 N–H and O–H groups in total. The minimum atomic E-state index is 0.284. The summed E-state index contributed by atoms with van der Waals surface area (Å²) in [6.07, 6.45) is 6.16. The van der Waals surface area contributed by atoms with Crippen molar-refractivity contribution in [3.05, 3.63) is 0 Å². The smallest absolute Gasteiger partial charge is 0.132 e. The fourth-order valence-electron chi connectivity index (χ4n) is 1.08. The summed E-state index contributed by atoms with van der Waals surface area (Å²) in [5.41, 5.74) is 0. The lowest BCUT2D eigenvalue weighted by molar-refractivity contribution is -0.120. The van der Waals surface area contributed by atoms with Crippen molar-refractivity contribution in [1.82, 2.24) is 0 Å². The van der Waals surface area contributed by atoms with Gasteiger partial charge in [-0.2, -0.15) is 0 Å². The zero-order chi connectivity index (χ0) is 8.69. The van der Waals surface area contributed by atoms with Crippen LogP contribution in [0.3, 0.4) is 0 Å². The molecule has 0 aliphatic rings. The second kappa shape index (κ2) is 6.38. The third-order valence-electron chi connectivity index (χ3n) is 2.18. The van der Waals surface area contributed by atoms with Gasteiger partial charge in [0.15, 0.2) is 0 Å². The van der Waals surface area contributed by atoms with Crippen LogP contribution in [-0.2, 0) is 4.79 Å². The van der Waals surface area contributed by atoms with Crippen molar-refractivity contribution in [2.45, 2.75) is 52.9 Å². The molecule has 0 aromatic rings. The molecule has 11 heavy (non-hydrogen) atoms. The van der Waals surface area contributed by atoms with Gasteiger partial charge in [0.05, 0.1) is 0 Å². The number of ketones is 1. The molecule has 0 saturated heterocycles. The third kappa shape index (κ3) is 6.08. The highest BCUT2D eigenvalue weighted by Gasteiger charge is 2.05. The van der Waals surface area contributed by atoms with Crippen LogP contribution in [-0.4, -0.2) is 5.78 Å². The molecule has 0 unspecified atom stereocenters. The van der Waals surface area contributed by atoms with Crippen LogP contribution in [0.5, 0.6) is 0 Å². The van der Waals surface area contributed by atoms with Gasteiger partial charge in [0.1, 0.15) is 5.78 Å². The number of unbranched alkanes of at least 4 members (excludes halogenated alkanes) is 3. The van der Waals surface area contributed by atoms with E-state index in [2.05, 4.69) is 6.92 Å². The fraction of sp³-hybridized carbons (Fsp3) is 0.900. The zero-order valence-corrected chi connectivity index (χ0v) is 8.02. The summed E-state index contributed by atoms with van der Waals surface area (Å²) in [6, 6.07) is 0. The van der Waals surface area contributed by atoms with Gasteiger partial charge in [0.25, 0.3) is 0 Å². The summed E-state index contributed by atoms with van der Waals surface area (Å²) in [4.78, 5) is 10.8. The molecule has 0 rings (SSSR count). The SMILES string of the molecule is CCCCCC[C@@H](C)C(C)=O. The Bertz CT molecular complexity index is 107. The van der Waals surface area contributed by atoms with Gasteiger partial charge in [-0.3, -0.25) is 4.79 Å². The third-order valence-corrected chi connectivity index (χ3v) is 2.18. The predicted molar refractivity (Wildman–Crippen MR) is 48.6 cm³/mol. The summed E-state index contributed by atoms with van der Waals surface area (Å²) in [5.74, 6) is 0.619. The van der Waals surface area contributed by atoms with Gasteiger partial charge < -0.3 is 0 Å². The Labute approximate surface area is 70.2 Å². The van der Waals surface area contributed by atoms with E-state index >= 15 is 0 Å². The molecule has 0 aliphatic carbocycles. The van der Waals surface area contributed by atoms with Crippen molar-refractivity contribution in [1.29, 1.82) is 0 Å². The van der Waals surface area contributed by atoms with E-state index in [0.29, 0.717) is 5.78 Å². The lowest BCUT2D eigenvalue weighted by Gasteiger charge is -2.05. The first kappa shape index (κ1) is 10.7. The highest BCUT2D eigenvalue weighted by molar-refractivity contribution is 5.77. The van der Waals surface area contributed by atoms with Crippen molar-refractivity contribution < 1.29 is 4.79 Å². The number of hydrogen-bond acceptors (Lipinski definition) is 1. The largest absolute Gasteiger partial charge is 0.300 e. The lowest BCUT2D eigenvalue weighted by Crippen LogP contribution is -2.05. The van der Waals surface area contributed by atoms with Crippen LogP contribution in [0, 0.1) is 5.92 Å². The van der Waals surface area contributed by atoms with Gasteiger partial charge in [-0.05, 0) is 13.3 Å². The molecule has 0 saturated carbocycles. The molecular weight excluding hydrogens is 136 g/mol. The average molecular weight is 156 g/mol. The Balaban J connectivity index is 3.17. The van der Waals surface area contributed by atoms with Gasteiger partial charge >= 0.3 is 0 Å². The molecule has 0 bridgehead atoms. The lowest BCUT2D eigenvalue weighted by atomic mass is 9.99. The molecule has 66 valence electrons. The Kier molecular flexibility index (Phi) is 6.19. The zero-order valence-electron chi connectivity index (χ0n) is 8.02. The molecule has 0 aliphatic heterocycles. The number of hydrogen-bond donors (Lipinski definition) is 0. The van der Waals surface area contributed by atoms with Crippen LogP contribution in [0.1, 0.15) is 52.9 Å². The van der Waals surface area contributed by atoms with Crippen LogP contribution < -0.4 is 0 Å². The number of Topliss-reactive ketones (excluding diaryl/α,β-unsaturated/α-hetero) is 1. The fourth-order valence-corrected chi connectivity index (χ4v) is 1.08. The standard InChI is InChI=1S/C10H20O/c1-4-5-6-7-8-9(2)10(3)11/h9H,4-8H2,1-3H3/t9-/m1/s1. The molecule has 0 fully saturated rings. The van der Waals surface area contributed by atoms with Gasteiger partial charge in [-0.25, -0.2) is 0 Å². The molecule has 1 nitrogen and oxygen atoms in total.